The molecular weight excluding hydrogens is 650 g/mol. The summed E-state index contributed by atoms with van der Waals surface area (Å²) >= 11 is 13.4. The number of carbonyl (C=O) groups is 2. The van der Waals surface area contributed by atoms with Crippen LogP contribution in [-0.2, 0) is 11.3 Å². The Kier molecular flexibility index (Phi) is 9.30. The van der Waals surface area contributed by atoms with Crippen LogP contribution in [0.25, 0.3) is 11.1 Å². The summed E-state index contributed by atoms with van der Waals surface area (Å²) in [5, 5.41) is 10.5. The number of morpholine rings is 1. The van der Waals surface area contributed by atoms with Crippen molar-refractivity contribution in [2.24, 2.45) is 0 Å². The van der Waals surface area contributed by atoms with Crippen LogP contribution in [0.5, 0.6) is 5.75 Å². The molecule has 0 radical (unpaired) electrons. The number of hydrogen-bond donors (Lipinski definition) is 1. The smallest absolute Gasteiger partial charge is 0.337 e. The van der Waals surface area contributed by atoms with E-state index >= 15 is 4.39 Å². The molecule has 13 heteroatoms. The van der Waals surface area contributed by atoms with E-state index in [1.54, 1.807) is 30.3 Å². The Hall–Kier alpha value is -3.61. The molecule has 4 heterocycles. The molecule has 0 saturated carbocycles. The van der Waals surface area contributed by atoms with E-state index in [9.17, 15) is 14.7 Å². The number of fused-ring (bicyclic) bond motifs is 3. The van der Waals surface area contributed by atoms with Crippen LogP contribution in [0.1, 0.15) is 46.0 Å². The van der Waals surface area contributed by atoms with E-state index in [0.29, 0.717) is 35.8 Å². The summed E-state index contributed by atoms with van der Waals surface area (Å²) in [7, 11) is 2.09. The first-order valence-corrected chi connectivity index (χ1v) is 16.3. The molecule has 10 nitrogen and oxygen atoms in total. The molecule has 1 amide bonds. The lowest BCUT2D eigenvalue weighted by Gasteiger charge is -2.40. The third-order valence-electron chi connectivity index (χ3n) is 9.64. The number of amides is 1. The Morgan fingerprint density at radius 1 is 1.00 bits per heavy atom. The number of ether oxygens (including phenoxy) is 2. The van der Waals surface area contributed by atoms with Gasteiger partial charge in [0.05, 0.1) is 58.7 Å². The monoisotopic (exact) mass is 686 g/mol. The van der Waals surface area contributed by atoms with Gasteiger partial charge in [-0.3, -0.25) is 4.79 Å². The lowest BCUT2D eigenvalue weighted by Crippen LogP contribution is -2.50. The van der Waals surface area contributed by atoms with Gasteiger partial charge in [0.1, 0.15) is 11.6 Å². The number of rotatable bonds is 5. The van der Waals surface area contributed by atoms with Crippen LogP contribution in [0, 0.1) is 5.82 Å². The van der Waals surface area contributed by atoms with Crippen LogP contribution >= 0.6 is 23.2 Å². The van der Waals surface area contributed by atoms with Gasteiger partial charge in [-0.15, -0.1) is 0 Å². The first-order valence-electron chi connectivity index (χ1n) is 15.5. The second-order valence-electron chi connectivity index (χ2n) is 12.6. The Morgan fingerprint density at radius 3 is 2.36 bits per heavy atom. The molecule has 2 bridgehead atoms. The highest BCUT2D eigenvalue weighted by molar-refractivity contribution is 6.40. The summed E-state index contributed by atoms with van der Waals surface area (Å²) in [4.78, 5) is 34.1. The number of aromatic carboxylic acids is 1. The average molecular weight is 688 g/mol. The van der Waals surface area contributed by atoms with Gasteiger partial charge >= 0.3 is 5.97 Å². The summed E-state index contributed by atoms with van der Waals surface area (Å²) in [5.74, 6) is -1.77. The number of likely N-dealkylation sites (N-methyl/N-ethyl adjacent to an activating group) is 1. The molecule has 3 atom stereocenters. The molecule has 3 aromatic rings. The van der Waals surface area contributed by atoms with Gasteiger partial charge in [0.15, 0.2) is 6.73 Å². The molecule has 250 valence electrons. The number of benzene rings is 3. The first kappa shape index (κ1) is 33.3. The topological polar surface area (TPSA) is 117 Å². The third-order valence-corrected chi connectivity index (χ3v) is 10.2. The highest BCUT2D eigenvalue weighted by Crippen LogP contribution is 2.43. The molecule has 0 aromatic heterocycles. The van der Waals surface area contributed by atoms with Crippen molar-refractivity contribution < 1.29 is 34.0 Å². The second-order valence-corrected chi connectivity index (χ2v) is 13.5. The van der Waals surface area contributed by atoms with Crippen molar-refractivity contribution in [3.63, 3.8) is 0 Å². The van der Waals surface area contributed by atoms with Gasteiger partial charge < -0.3 is 39.7 Å². The predicted molar refractivity (Wildman–Crippen MR) is 179 cm³/mol. The number of para-hydroxylation sites is 1. The molecule has 3 saturated heterocycles. The van der Waals surface area contributed by atoms with Crippen molar-refractivity contribution in [2.75, 3.05) is 56.4 Å². The Labute approximate surface area is 282 Å². The maximum atomic E-state index is 15.7. The second kappa shape index (κ2) is 13.1. The maximum Gasteiger partial charge on any atom is 0.337 e. The molecule has 0 aliphatic carbocycles. The van der Waals surface area contributed by atoms with Gasteiger partial charge in [-0.25, -0.2) is 9.18 Å². The molecule has 0 spiro atoms. The van der Waals surface area contributed by atoms with Gasteiger partial charge in [0, 0.05) is 48.1 Å². The Bertz CT molecular complexity index is 1690. The highest BCUT2D eigenvalue weighted by atomic mass is 35.5. The SMILES string of the molecule is C[C@@H]1CN(C)CCN1c1cc(Cl)c(C(=O)N2COc3c(cccc3-c3cc(N4C5CCC4COC5)c(C(=O)O)cc3F)C2)c(Cl)c1.O. The predicted octanol–water partition coefficient (Wildman–Crippen LogP) is 5.17. The van der Waals surface area contributed by atoms with Gasteiger partial charge in [-0.2, -0.15) is 0 Å². The van der Waals surface area contributed by atoms with E-state index in [1.807, 2.05) is 6.07 Å². The maximum absolute atomic E-state index is 15.7. The van der Waals surface area contributed by atoms with Crippen LogP contribution in [0.3, 0.4) is 0 Å². The highest BCUT2D eigenvalue weighted by Gasteiger charge is 2.40. The molecule has 7 rings (SSSR count). The molecule has 47 heavy (non-hydrogen) atoms. The van der Waals surface area contributed by atoms with E-state index in [4.69, 9.17) is 32.7 Å². The largest absolute Gasteiger partial charge is 0.478 e. The van der Waals surface area contributed by atoms with E-state index in [-0.39, 0.29) is 69.5 Å². The summed E-state index contributed by atoms with van der Waals surface area (Å²) < 4.78 is 27.5. The summed E-state index contributed by atoms with van der Waals surface area (Å²) in [6, 6.07) is 12.0. The standard InChI is InChI=1S/C34H35Cl2FN4O5.H2O/c1-19-14-38(2)8-9-40(19)23-10-27(35)31(28(36)11-23)33(42)39-15-20-4-3-5-24(32(20)46-18-39)25-13-30(26(34(43)44)12-29(25)37)41-21-6-7-22(41)17-45-16-21;/h3-5,10-13,19,21-22H,6-9,14-18H2,1-2H3,(H,43,44);1H2/t19-,21?,22?;/m1./s1. The van der Waals surface area contributed by atoms with Crippen molar-refractivity contribution >= 4 is 46.5 Å². The normalized spacial score (nSPS) is 22.4. The summed E-state index contributed by atoms with van der Waals surface area (Å²) in [6.45, 7) is 5.90. The van der Waals surface area contributed by atoms with E-state index in [2.05, 4.69) is 28.7 Å². The van der Waals surface area contributed by atoms with Gasteiger partial charge in [0.25, 0.3) is 5.91 Å². The molecule has 4 aliphatic rings. The molecule has 3 aromatic carbocycles. The molecular formula is C34H37Cl2FN4O6. The van der Waals surface area contributed by atoms with E-state index < -0.39 is 11.8 Å². The van der Waals surface area contributed by atoms with Gasteiger partial charge in [-0.05, 0) is 51.1 Å². The van der Waals surface area contributed by atoms with Crippen molar-refractivity contribution in [1.29, 1.82) is 0 Å². The number of piperazine rings is 1. The molecule has 3 N–H and O–H groups in total. The zero-order chi connectivity index (χ0) is 32.3. The van der Waals surface area contributed by atoms with Crippen LogP contribution in [-0.4, -0.2) is 97.0 Å². The number of carboxylic acids is 1. The molecule has 4 aliphatic heterocycles. The van der Waals surface area contributed by atoms with Crippen molar-refractivity contribution in [3.8, 4) is 16.9 Å². The minimum atomic E-state index is -1.18. The first-order chi connectivity index (χ1) is 22.1. The minimum Gasteiger partial charge on any atom is -0.478 e. The van der Waals surface area contributed by atoms with E-state index in [0.717, 1.165) is 44.2 Å². The van der Waals surface area contributed by atoms with Crippen molar-refractivity contribution in [2.45, 2.75) is 44.4 Å². The number of carboxylic acid groups (broad SMARTS) is 1. The fourth-order valence-electron chi connectivity index (χ4n) is 7.40. The fraction of sp³-hybridized carbons (Fsp3) is 0.412. The average Bonchev–Trinajstić information content (AvgIpc) is 3.26. The van der Waals surface area contributed by atoms with Crippen LogP contribution in [0.4, 0.5) is 15.8 Å². The minimum absolute atomic E-state index is 0. The summed E-state index contributed by atoms with van der Waals surface area (Å²) in [5.41, 5.74) is 2.88. The number of nitrogens with zero attached hydrogens (tertiary/aromatic N) is 4. The van der Waals surface area contributed by atoms with Crippen LogP contribution in [0.15, 0.2) is 42.5 Å². The van der Waals surface area contributed by atoms with Crippen LogP contribution < -0.4 is 14.5 Å². The quantitative estimate of drug-likeness (QED) is 0.391. The number of anilines is 2. The Balaban J connectivity index is 0.00000386. The van der Waals surface area contributed by atoms with Crippen molar-refractivity contribution in [3.05, 3.63) is 75.0 Å². The van der Waals surface area contributed by atoms with E-state index in [1.165, 1.54) is 4.90 Å². The lowest BCUT2D eigenvalue weighted by atomic mass is 9.96. The molecule has 2 unspecified atom stereocenters. The number of carbonyl (C=O) groups excluding carboxylic acids is 1. The zero-order valence-electron chi connectivity index (χ0n) is 26.1. The number of halogens is 3. The summed E-state index contributed by atoms with van der Waals surface area (Å²) in [6.07, 6.45) is 1.77. The third kappa shape index (κ3) is 6.00. The Morgan fingerprint density at radius 2 is 1.70 bits per heavy atom. The van der Waals surface area contributed by atoms with Gasteiger partial charge in [-0.1, -0.05) is 41.4 Å². The van der Waals surface area contributed by atoms with Crippen LogP contribution in [0.2, 0.25) is 10.0 Å². The zero-order valence-corrected chi connectivity index (χ0v) is 27.7. The fourth-order valence-corrected chi connectivity index (χ4v) is 8.04. The van der Waals surface area contributed by atoms with Gasteiger partial charge in [0.2, 0.25) is 0 Å². The lowest BCUT2D eigenvalue weighted by molar-refractivity contribution is 0.0516. The molecule has 3 fully saturated rings. The van der Waals surface area contributed by atoms with Crippen molar-refractivity contribution in [1.82, 2.24) is 9.80 Å². The number of hydrogen-bond acceptors (Lipinski definition) is 7.